The Hall–Kier alpha value is -7.74. The van der Waals surface area contributed by atoms with E-state index in [1.165, 1.54) is 27.7 Å². The van der Waals surface area contributed by atoms with Gasteiger partial charge in [0.25, 0.3) is 0 Å². The lowest BCUT2D eigenvalue weighted by molar-refractivity contribution is -0.142. The second-order valence-corrected chi connectivity index (χ2v) is 23.4. The van der Waals surface area contributed by atoms with Gasteiger partial charge in [-0.15, -0.1) is 11.8 Å². The van der Waals surface area contributed by atoms with Crippen LogP contribution in [-0.2, 0) is 65.6 Å². The smallest absolute Gasteiger partial charge is 0.246 e. The molecular weight excluding hydrogens is 1150 g/mol. The molecule has 18 N–H and O–H groups in total. The maximum Gasteiger partial charge on any atom is 0.246 e. The zero-order chi connectivity index (χ0) is 63.7. The lowest BCUT2D eigenvalue weighted by Crippen LogP contribution is -2.61. The molecule has 0 spiro atoms. The molecule has 2 bridgehead atoms. The van der Waals surface area contributed by atoms with Gasteiger partial charge in [-0.3, -0.25) is 52.7 Å². The highest BCUT2D eigenvalue weighted by molar-refractivity contribution is 7.99. The van der Waals surface area contributed by atoms with Gasteiger partial charge in [-0.2, -0.15) is 0 Å². The molecule has 0 aliphatic carbocycles. The van der Waals surface area contributed by atoms with Crippen molar-refractivity contribution in [1.29, 1.82) is 0 Å². The molecule has 1 aromatic heterocycles. The minimum Gasteiger partial charge on any atom is -0.396 e. The summed E-state index contributed by atoms with van der Waals surface area (Å²) < 4.78 is 0. The van der Waals surface area contributed by atoms with Crippen LogP contribution in [0.15, 0.2) is 53.6 Å². The minimum atomic E-state index is -2.01. The molecule has 1 unspecified atom stereocenters. The average Bonchev–Trinajstić information content (AvgIpc) is 3.82. The second-order valence-electron chi connectivity index (χ2n) is 22.4. The summed E-state index contributed by atoms with van der Waals surface area (Å²) >= 11 is 0.960. The van der Waals surface area contributed by atoms with Crippen LogP contribution in [0.4, 0.5) is 5.69 Å². The van der Waals surface area contributed by atoms with Crippen molar-refractivity contribution in [3.8, 4) is 0 Å². The van der Waals surface area contributed by atoms with E-state index in [9.17, 15) is 78.3 Å². The number of H-pyrrole nitrogens is 1. The Labute approximate surface area is 506 Å². The highest BCUT2D eigenvalue weighted by atomic mass is 32.2. The van der Waals surface area contributed by atoms with Crippen molar-refractivity contribution in [1.82, 2.24) is 57.7 Å². The molecule has 3 aliphatic heterocycles. The lowest BCUT2D eigenvalue weighted by atomic mass is 9.96. The molecule has 6 rings (SSSR count). The number of amides is 11. The number of hydrogen-bond donors (Lipinski definition) is 17. The number of aliphatic hydroxyl groups excluding tert-OH is 4. The van der Waals surface area contributed by atoms with Gasteiger partial charge in [0.2, 0.25) is 65.0 Å². The van der Waals surface area contributed by atoms with Crippen LogP contribution in [0.2, 0.25) is 0 Å². The normalized spacial score (nSPS) is 24.2. The van der Waals surface area contributed by atoms with E-state index in [1.54, 1.807) is 48.5 Å². The molecule has 12 atom stereocenters. The molecule has 3 aromatic rings. The van der Waals surface area contributed by atoms with Crippen molar-refractivity contribution in [2.75, 3.05) is 43.9 Å². The molecule has 1 fully saturated rings. The van der Waals surface area contributed by atoms with Crippen molar-refractivity contribution in [2.24, 2.45) is 5.73 Å². The van der Waals surface area contributed by atoms with Crippen LogP contribution in [0.3, 0.4) is 0 Å². The number of aromatic nitrogens is 1. The van der Waals surface area contributed by atoms with Crippen molar-refractivity contribution in [2.45, 2.75) is 169 Å². The first kappa shape index (κ1) is 68.4. The van der Waals surface area contributed by atoms with Gasteiger partial charge in [-0.25, -0.2) is 0 Å². The van der Waals surface area contributed by atoms with E-state index < -0.39 is 163 Å². The molecule has 30 heteroatoms. The minimum absolute atomic E-state index is 0.00555. The summed E-state index contributed by atoms with van der Waals surface area (Å²) in [4.78, 5) is 157. The lowest BCUT2D eigenvalue weighted by Gasteiger charge is -2.31. The first-order valence-corrected chi connectivity index (χ1v) is 29.9. The van der Waals surface area contributed by atoms with Gasteiger partial charge >= 0.3 is 0 Å². The van der Waals surface area contributed by atoms with Crippen molar-refractivity contribution in [3.05, 3.63) is 59.7 Å². The Morgan fingerprint density at radius 1 is 0.782 bits per heavy atom. The Balaban J connectivity index is 1.31. The molecule has 29 nitrogen and oxygen atoms in total. The zero-order valence-corrected chi connectivity index (χ0v) is 49.8. The average molecular weight is 1240 g/mol. The third-order valence-electron chi connectivity index (χ3n) is 15.0. The van der Waals surface area contributed by atoms with E-state index in [1.807, 2.05) is 0 Å². The van der Waals surface area contributed by atoms with Gasteiger partial charge in [0.15, 0.2) is 0 Å². The number of nitrogens with one attached hydrogen (secondary N) is 11. The summed E-state index contributed by atoms with van der Waals surface area (Å²) in [5.74, 6) is -9.27. The third-order valence-corrected chi connectivity index (χ3v) is 16.1. The van der Waals surface area contributed by atoms with Gasteiger partial charge in [0, 0.05) is 74.0 Å². The number of unbranched alkanes of at least 4 members (excludes halogenated alkanes) is 1. The van der Waals surface area contributed by atoms with Crippen molar-refractivity contribution < 1.29 is 78.3 Å². The van der Waals surface area contributed by atoms with Gasteiger partial charge in [0.1, 0.15) is 54.4 Å². The summed E-state index contributed by atoms with van der Waals surface area (Å²) in [6.07, 6.45) is -2.98. The molecule has 0 saturated carbocycles. The second kappa shape index (κ2) is 31.8. The van der Waals surface area contributed by atoms with Gasteiger partial charge in [0.05, 0.1) is 36.0 Å². The Morgan fingerprint density at radius 3 is 2.15 bits per heavy atom. The number of thioether (sulfide) groups is 1. The van der Waals surface area contributed by atoms with Crippen LogP contribution in [0.1, 0.15) is 90.2 Å². The Morgan fingerprint density at radius 2 is 1.47 bits per heavy atom. The fourth-order valence-corrected chi connectivity index (χ4v) is 11.2. The predicted molar refractivity (Wildman–Crippen MR) is 315 cm³/mol. The number of aliphatic hydroxyl groups is 5. The van der Waals surface area contributed by atoms with Gasteiger partial charge < -0.3 is 94.3 Å². The molecule has 2 aromatic carbocycles. The monoisotopic (exact) mass is 1240 g/mol. The quantitative estimate of drug-likeness (QED) is 0.0450. The van der Waals surface area contributed by atoms with Crippen LogP contribution in [0.5, 0.6) is 0 Å². The zero-order valence-electron chi connectivity index (χ0n) is 48.9. The third kappa shape index (κ3) is 19.4. The van der Waals surface area contributed by atoms with E-state index in [4.69, 9.17) is 5.73 Å². The van der Waals surface area contributed by atoms with E-state index >= 15 is 0 Å². The Bertz CT molecular complexity index is 2980. The molecule has 1 saturated heterocycles. The number of hydrogen-bond acceptors (Lipinski definition) is 18. The fourth-order valence-electron chi connectivity index (χ4n) is 10.1. The van der Waals surface area contributed by atoms with Crippen molar-refractivity contribution >= 4 is 93.3 Å². The standard InChI is InChI=1S/C57H81N13O16S/c1-29-47(77)65-40-24-36-35-22-33(62-44(75)14-10-19-59-49(79)38(13-8-9-18-58)64-50(80)39(63-45(76)17-20-71)21-32-11-6-5-7-12-32)15-16-37(35)68-55(36)87-27-42(56(85)70-26-34(74)23-43(70)53(83)61-29)67-54(84)46(31(3)73)69-48(78)30(2)60-52(82)41(66-51(40)81)25-57(4,86)28-72/h5-7,11-12,15-16,22,29-31,34,38-43,46,68,71-74,86H,8-10,13-14,17-21,23-28,58H2,1-4H3,(H,59,79)(H,60,82)(H,61,83)(H,62,75)(H,63,76)(H,64,80)(H,65,77)(H,66,81)(H,67,84)(H,69,78)/t29-,30-,31?,34+,38+,39+,40-,41-,42+,43-,46+,57+/m0/s1. The first-order valence-electron chi connectivity index (χ1n) is 28.9. The maximum atomic E-state index is 14.8. The number of carbonyl (C=O) groups excluding carboxylic acids is 11. The fraction of sp³-hybridized carbons (Fsp3) is 0.561. The van der Waals surface area contributed by atoms with Crippen LogP contribution in [-0.4, -0.2) is 211 Å². The molecule has 3 aliphatic rings. The SMILES string of the molecule is CC(O)[C@H]1NC(=O)[C@H](C)NC(=O)[C@H](C[C@@](C)(O)CO)NC(=O)[C@@H]2Cc3c([nH]c4ccc(NC(=O)CCCNC(=O)[C@@H](CCCCN)NC(=O)[C@@H](Cc5ccccc5)NC(=O)CCO)cc34)SC[C@@H](NC1=O)C(=O)N1C[C@H](O)C[C@H]1C(=O)N[C@@H](C)C(=O)N2. The molecular formula is C57H81N13O16S. The van der Waals surface area contributed by atoms with E-state index in [0.717, 1.165) is 22.2 Å². The van der Waals surface area contributed by atoms with Crippen LogP contribution >= 0.6 is 11.8 Å². The number of nitrogens with two attached hydrogens (primary N) is 1. The number of nitrogens with zero attached hydrogens (tertiary/aromatic N) is 1. The molecule has 0 radical (unpaired) electrons. The van der Waals surface area contributed by atoms with E-state index in [2.05, 4.69) is 58.2 Å². The summed E-state index contributed by atoms with van der Waals surface area (Å²) in [5, 5.41) is 78.9. The first-order chi connectivity index (χ1) is 41.3. The Kier molecular flexibility index (Phi) is 25.0. The number of anilines is 1. The van der Waals surface area contributed by atoms with Crippen LogP contribution in [0, 0.1) is 0 Å². The molecule has 87 heavy (non-hydrogen) atoms. The van der Waals surface area contributed by atoms with E-state index in [-0.39, 0.29) is 68.1 Å². The molecule has 11 amide bonds. The number of fused-ring (bicyclic) bond motifs is 5. The summed E-state index contributed by atoms with van der Waals surface area (Å²) in [6, 6.07) is 0.698. The highest BCUT2D eigenvalue weighted by Crippen LogP contribution is 2.34. The number of carbonyl (C=O) groups is 11. The topological polar surface area (TPSA) is 454 Å². The van der Waals surface area contributed by atoms with Gasteiger partial charge in [-0.05, 0) is 89.2 Å². The summed E-state index contributed by atoms with van der Waals surface area (Å²) in [6.45, 7) is 3.58. The van der Waals surface area contributed by atoms with E-state index in [0.29, 0.717) is 35.9 Å². The molecule has 4 heterocycles. The maximum absolute atomic E-state index is 14.8. The van der Waals surface area contributed by atoms with Crippen LogP contribution in [0.25, 0.3) is 10.9 Å². The number of aromatic amines is 1. The summed E-state index contributed by atoms with van der Waals surface area (Å²) in [5.41, 5.74) is 5.42. The number of benzene rings is 2. The highest BCUT2D eigenvalue weighted by Gasteiger charge is 2.44. The molecule has 476 valence electrons. The summed E-state index contributed by atoms with van der Waals surface area (Å²) in [7, 11) is 0. The van der Waals surface area contributed by atoms with Crippen LogP contribution < -0.4 is 58.9 Å². The van der Waals surface area contributed by atoms with Crippen molar-refractivity contribution in [3.63, 3.8) is 0 Å². The largest absolute Gasteiger partial charge is 0.396 e. The van der Waals surface area contributed by atoms with Gasteiger partial charge in [-0.1, -0.05) is 30.3 Å². The number of rotatable bonds is 21. The predicted octanol–water partition coefficient (Wildman–Crippen LogP) is -4.19.